The van der Waals surface area contributed by atoms with Gasteiger partial charge in [-0.05, 0) is 18.5 Å². The maximum absolute atomic E-state index is 10.5. The van der Waals surface area contributed by atoms with E-state index >= 15 is 0 Å². The minimum atomic E-state index is -0.414. The van der Waals surface area contributed by atoms with Crippen molar-refractivity contribution >= 4 is 5.69 Å². The molecule has 1 aromatic rings. The van der Waals surface area contributed by atoms with Gasteiger partial charge < -0.3 is 15.2 Å². The number of nitro groups is 1. The molecule has 100 valence electrons. The van der Waals surface area contributed by atoms with E-state index in [0.29, 0.717) is 13.2 Å². The number of nitrogens with zero attached hydrogens (tertiary/aromatic N) is 1. The molecule has 0 aliphatic carbocycles. The number of aliphatic hydroxyl groups is 1. The molecule has 18 heavy (non-hydrogen) atoms. The molecule has 0 saturated heterocycles. The van der Waals surface area contributed by atoms with Crippen molar-refractivity contribution in [2.45, 2.75) is 12.5 Å². The summed E-state index contributed by atoms with van der Waals surface area (Å²) in [6, 6.07) is 6.39. The molecule has 1 aromatic carbocycles. The Kier molecular flexibility index (Phi) is 6.27. The fourth-order valence-electron chi connectivity index (χ4n) is 1.58. The van der Waals surface area contributed by atoms with E-state index in [9.17, 15) is 10.1 Å². The number of nitro benzene ring substituents is 1. The summed E-state index contributed by atoms with van der Waals surface area (Å²) in [6.07, 6.45) is 0.748. The van der Waals surface area contributed by atoms with Gasteiger partial charge in [-0.1, -0.05) is 12.1 Å². The molecule has 0 aliphatic heterocycles. The van der Waals surface area contributed by atoms with E-state index in [1.54, 1.807) is 19.2 Å². The third kappa shape index (κ3) is 4.79. The van der Waals surface area contributed by atoms with E-state index in [1.807, 2.05) is 0 Å². The molecule has 2 N–H and O–H groups in total. The standard InChI is InChI=1S/C12H18N2O4/c1-18-9-11(8-15)13-7-6-10-2-4-12(5-3-10)14(16)17/h2-5,11,13,15H,6-9H2,1H3. The summed E-state index contributed by atoms with van der Waals surface area (Å²) in [6.45, 7) is 1.16. The molecule has 1 atom stereocenters. The van der Waals surface area contributed by atoms with Crippen LogP contribution in [0, 0.1) is 10.1 Å². The quantitative estimate of drug-likeness (QED) is 0.528. The number of rotatable bonds is 8. The lowest BCUT2D eigenvalue weighted by Gasteiger charge is -2.14. The van der Waals surface area contributed by atoms with Crippen LogP contribution < -0.4 is 5.32 Å². The number of nitrogens with one attached hydrogen (secondary N) is 1. The van der Waals surface area contributed by atoms with Gasteiger partial charge in [0, 0.05) is 19.2 Å². The average molecular weight is 254 g/mol. The van der Waals surface area contributed by atoms with E-state index in [0.717, 1.165) is 12.0 Å². The summed E-state index contributed by atoms with van der Waals surface area (Å²) in [7, 11) is 1.58. The van der Waals surface area contributed by atoms with Crippen molar-refractivity contribution in [3.8, 4) is 0 Å². The first-order valence-corrected chi connectivity index (χ1v) is 5.74. The molecule has 1 unspecified atom stereocenters. The topological polar surface area (TPSA) is 84.6 Å². The molecular weight excluding hydrogens is 236 g/mol. The van der Waals surface area contributed by atoms with Crippen molar-refractivity contribution in [3.05, 3.63) is 39.9 Å². The average Bonchev–Trinajstić information content (AvgIpc) is 2.38. The number of methoxy groups -OCH3 is 1. The molecule has 6 nitrogen and oxygen atoms in total. The van der Waals surface area contributed by atoms with Crippen LogP contribution in [0.25, 0.3) is 0 Å². The zero-order valence-electron chi connectivity index (χ0n) is 10.3. The Morgan fingerprint density at radius 3 is 2.61 bits per heavy atom. The van der Waals surface area contributed by atoms with Crippen molar-refractivity contribution in [1.29, 1.82) is 0 Å². The number of non-ortho nitro benzene ring substituents is 1. The van der Waals surface area contributed by atoms with Crippen LogP contribution >= 0.6 is 0 Å². The molecule has 0 amide bonds. The normalized spacial score (nSPS) is 12.3. The molecule has 0 fully saturated rings. The monoisotopic (exact) mass is 254 g/mol. The van der Waals surface area contributed by atoms with Gasteiger partial charge in [-0.2, -0.15) is 0 Å². The van der Waals surface area contributed by atoms with Crippen LogP contribution in [0.2, 0.25) is 0 Å². The van der Waals surface area contributed by atoms with E-state index in [-0.39, 0.29) is 18.3 Å². The molecule has 6 heteroatoms. The Labute approximate surface area is 106 Å². The second-order valence-corrected chi connectivity index (χ2v) is 3.96. The van der Waals surface area contributed by atoms with Gasteiger partial charge in [0.05, 0.1) is 24.2 Å². The zero-order valence-corrected chi connectivity index (χ0v) is 10.3. The zero-order chi connectivity index (χ0) is 13.4. The van der Waals surface area contributed by atoms with E-state index in [1.165, 1.54) is 12.1 Å². The number of hydrogen-bond acceptors (Lipinski definition) is 5. The van der Waals surface area contributed by atoms with Crippen LogP contribution in [-0.4, -0.2) is 42.9 Å². The first-order valence-electron chi connectivity index (χ1n) is 5.74. The second kappa shape index (κ2) is 7.75. The first kappa shape index (κ1) is 14.6. The second-order valence-electron chi connectivity index (χ2n) is 3.96. The van der Waals surface area contributed by atoms with Crippen molar-refractivity contribution < 1.29 is 14.8 Å². The van der Waals surface area contributed by atoms with Crippen molar-refractivity contribution in [3.63, 3.8) is 0 Å². The summed E-state index contributed by atoms with van der Waals surface area (Å²) in [5.74, 6) is 0. The smallest absolute Gasteiger partial charge is 0.269 e. The van der Waals surface area contributed by atoms with Gasteiger partial charge in [-0.25, -0.2) is 0 Å². The van der Waals surface area contributed by atoms with Gasteiger partial charge in [0.2, 0.25) is 0 Å². The molecule has 0 aliphatic rings. The molecule has 0 aromatic heterocycles. The van der Waals surface area contributed by atoms with E-state index < -0.39 is 4.92 Å². The largest absolute Gasteiger partial charge is 0.395 e. The molecule has 0 radical (unpaired) electrons. The summed E-state index contributed by atoms with van der Waals surface area (Å²) in [5, 5.41) is 22.7. The van der Waals surface area contributed by atoms with Gasteiger partial charge in [0.25, 0.3) is 5.69 Å². The number of aliphatic hydroxyl groups excluding tert-OH is 1. The maximum atomic E-state index is 10.5. The minimum absolute atomic E-state index is 0.0219. The lowest BCUT2D eigenvalue weighted by molar-refractivity contribution is -0.384. The molecule has 1 rings (SSSR count). The fourth-order valence-corrected chi connectivity index (χ4v) is 1.58. The van der Waals surface area contributed by atoms with Crippen molar-refractivity contribution in [2.75, 3.05) is 26.9 Å². The predicted molar refractivity (Wildman–Crippen MR) is 67.6 cm³/mol. The van der Waals surface area contributed by atoms with E-state index in [2.05, 4.69) is 5.32 Å². The lowest BCUT2D eigenvalue weighted by Crippen LogP contribution is -2.37. The highest BCUT2D eigenvalue weighted by molar-refractivity contribution is 5.32. The highest BCUT2D eigenvalue weighted by Crippen LogP contribution is 2.11. The Bertz CT molecular complexity index is 367. The first-order chi connectivity index (χ1) is 8.67. The third-order valence-corrected chi connectivity index (χ3v) is 2.58. The number of ether oxygens (including phenoxy) is 1. The molecule has 0 saturated carbocycles. The van der Waals surface area contributed by atoms with E-state index in [4.69, 9.17) is 9.84 Å². The third-order valence-electron chi connectivity index (χ3n) is 2.58. The van der Waals surface area contributed by atoms with Crippen LogP contribution in [-0.2, 0) is 11.2 Å². The highest BCUT2D eigenvalue weighted by atomic mass is 16.6. The van der Waals surface area contributed by atoms with Crippen LogP contribution in [0.1, 0.15) is 5.56 Å². The highest BCUT2D eigenvalue weighted by Gasteiger charge is 2.06. The Morgan fingerprint density at radius 2 is 2.11 bits per heavy atom. The van der Waals surface area contributed by atoms with Crippen molar-refractivity contribution in [2.24, 2.45) is 0 Å². The molecule has 0 bridgehead atoms. The predicted octanol–water partition coefficient (Wildman–Crippen LogP) is 0.734. The van der Waals surface area contributed by atoms with Crippen LogP contribution in [0.15, 0.2) is 24.3 Å². The lowest BCUT2D eigenvalue weighted by atomic mass is 10.1. The summed E-state index contributed by atoms with van der Waals surface area (Å²) >= 11 is 0. The maximum Gasteiger partial charge on any atom is 0.269 e. The van der Waals surface area contributed by atoms with Crippen LogP contribution in [0.5, 0.6) is 0 Å². The van der Waals surface area contributed by atoms with Crippen LogP contribution in [0.3, 0.4) is 0 Å². The Morgan fingerprint density at radius 1 is 1.44 bits per heavy atom. The molecule has 0 heterocycles. The van der Waals surface area contributed by atoms with Gasteiger partial charge in [-0.3, -0.25) is 10.1 Å². The number of benzene rings is 1. The minimum Gasteiger partial charge on any atom is -0.395 e. The summed E-state index contributed by atoms with van der Waals surface area (Å²) in [4.78, 5) is 10.1. The summed E-state index contributed by atoms with van der Waals surface area (Å²) < 4.78 is 4.94. The molecule has 0 spiro atoms. The fraction of sp³-hybridized carbons (Fsp3) is 0.500. The Balaban J connectivity index is 2.37. The van der Waals surface area contributed by atoms with Crippen LogP contribution in [0.4, 0.5) is 5.69 Å². The van der Waals surface area contributed by atoms with Crippen molar-refractivity contribution in [1.82, 2.24) is 5.32 Å². The number of hydrogen-bond donors (Lipinski definition) is 2. The van der Waals surface area contributed by atoms with Gasteiger partial charge in [-0.15, -0.1) is 0 Å². The Hall–Kier alpha value is -1.50. The summed E-state index contributed by atoms with van der Waals surface area (Å²) in [5.41, 5.74) is 1.11. The SMILES string of the molecule is COCC(CO)NCCc1ccc([N+](=O)[O-])cc1. The molecular formula is C12H18N2O4. The van der Waals surface area contributed by atoms with Gasteiger partial charge >= 0.3 is 0 Å². The van der Waals surface area contributed by atoms with Gasteiger partial charge in [0.15, 0.2) is 0 Å². The van der Waals surface area contributed by atoms with Gasteiger partial charge in [0.1, 0.15) is 0 Å².